The Morgan fingerprint density at radius 2 is 1.68 bits per heavy atom. The van der Waals surface area contributed by atoms with Crippen molar-refractivity contribution in [3.8, 4) is 0 Å². The summed E-state index contributed by atoms with van der Waals surface area (Å²) in [5.41, 5.74) is 1.20. The van der Waals surface area contributed by atoms with Crippen molar-refractivity contribution < 1.29 is 33.4 Å². The van der Waals surface area contributed by atoms with Crippen LogP contribution in [-0.4, -0.2) is 134 Å². The highest BCUT2D eigenvalue weighted by Gasteiger charge is 2.44. The molecule has 1 aromatic carbocycles. The van der Waals surface area contributed by atoms with Crippen molar-refractivity contribution in [2.24, 2.45) is 0 Å². The summed E-state index contributed by atoms with van der Waals surface area (Å²) in [7, 11) is 0. The number of carbonyl (C=O) groups is 5. The monoisotopic (exact) mass is 612 g/mol. The van der Waals surface area contributed by atoms with E-state index in [0.717, 1.165) is 76.4 Å². The standard InChI is InChI=1S/C31H44N6O7/c1-2-3-18-44-31(42)36-11-8-23(9-12-36)35-15-13-34(14-16-35)17-20-43-19-10-32-22-4-5-24-25(21-22)30(41)37(29(24)40)26-6-7-27(38)33-28(26)39/h4-5,21,23,26,32H,2-3,6-20H2,1H3,(H,33,38,39). The minimum Gasteiger partial charge on any atom is -0.449 e. The molecule has 3 fully saturated rings. The first-order chi connectivity index (χ1) is 21.4. The van der Waals surface area contributed by atoms with Crippen LogP contribution in [0.25, 0.3) is 0 Å². The van der Waals surface area contributed by atoms with E-state index in [0.29, 0.717) is 38.1 Å². The molecule has 1 atom stereocenters. The van der Waals surface area contributed by atoms with Gasteiger partial charge in [-0.25, -0.2) is 4.79 Å². The molecule has 5 amide bonds. The highest BCUT2D eigenvalue weighted by molar-refractivity contribution is 6.23. The first-order valence-corrected chi connectivity index (χ1v) is 15.9. The van der Waals surface area contributed by atoms with E-state index >= 15 is 0 Å². The summed E-state index contributed by atoms with van der Waals surface area (Å²) in [6, 6.07) is 4.51. The minimum atomic E-state index is -0.974. The highest BCUT2D eigenvalue weighted by Crippen LogP contribution is 2.29. The number of piperidine rings is 2. The molecule has 4 heterocycles. The summed E-state index contributed by atoms with van der Waals surface area (Å²) in [4.78, 5) is 69.6. The summed E-state index contributed by atoms with van der Waals surface area (Å²) in [6.07, 6.45) is 3.96. The van der Waals surface area contributed by atoms with Gasteiger partial charge in [0.2, 0.25) is 11.8 Å². The van der Waals surface area contributed by atoms with Crippen molar-refractivity contribution in [1.82, 2.24) is 24.9 Å². The topological polar surface area (TPSA) is 141 Å². The molecule has 0 radical (unpaired) electrons. The Bertz CT molecular complexity index is 1230. The van der Waals surface area contributed by atoms with Crippen molar-refractivity contribution in [1.29, 1.82) is 0 Å². The van der Waals surface area contributed by atoms with Crippen LogP contribution in [-0.2, 0) is 19.1 Å². The van der Waals surface area contributed by atoms with Crippen LogP contribution in [0.3, 0.4) is 0 Å². The predicted molar refractivity (Wildman–Crippen MR) is 161 cm³/mol. The lowest BCUT2D eigenvalue weighted by molar-refractivity contribution is -0.136. The summed E-state index contributed by atoms with van der Waals surface area (Å²) >= 11 is 0. The lowest BCUT2D eigenvalue weighted by atomic mass is 10.0. The second kappa shape index (κ2) is 15.0. The number of rotatable bonds is 12. The summed E-state index contributed by atoms with van der Waals surface area (Å²) in [6.45, 7) is 10.7. The van der Waals surface area contributed by atoms with E-state index in [1.807, 2.05) is 4.90 Å². The Balaban J connectivity index is 0.955. The molecule has 13 heteroatoms. The van der Waals surface area contributed by atoms with E-state index in [-0.39, 0.29) is 30.1 Å². The molecule has 0 spiro atoms. The second-order valence-electron chi connectivity index (χ2n) is 11.8. The summed E-state index contributed by atoms with van der Waals surface area (Å²) < 4.78 is 11.2. The van der Waals surface area contributed by atoms with Crippen molar-refractivity contribution in [2.75, 3.05) is 77.5 Å². The Morgan fingerprint density at radius 3 is 2.41 bits per heavy atom. The Morgan fingerprint density at radius 1 is 0.932 bits per heavy atom. The molecule has 1 unspecified atom stereocenters. The number of imide groups is 2. The van der Waals surface area contributed by atoms with Crippen LogP contribution in [0.15, 0.2) is 18.2 Å². The van der Waals surface area contributed by atoms with E-state index in [1.165, 1.54) is 0 Å². The van der Waals surface area contributed by atoms with Crippen LogP contribution in [0, 0.1) is 0 Å². The van der Waals surface area contributed by atoms with Gasteiger partial charge in [-0.15, -0.1) is 0 Å². The molecular weight excluding hydrogens is 568 g/mol. The number of nitrogens with zero attached hydrogens (tertiary/aromatic N) is 4. The summed E-state index contributed by atoms with van der Waals surface area (Å²) in [5.74, 6) is -2.05. The summed E-state index contributed by atoms with van der Waals surface area (Å²) in [5, 5.41) is 5.45. The van der Waals surface area contributed by atoms with Gasteiger partial charge in [-0.2, -0.15) is 0 Å². The van der Waals surface area contributed by atoms with Gasteiger partial charge >= 0.3 is 6.09 Å². The van der Waals surface area contributed by atoms with Gasteiger partial charge in [0.05, 0.1) is 30.9 Å². The van der Waals surface area contributed by atoms with Gasteiger partial charge in [-0.1, -0.05) is 13.3 Å². The van der Waals surface area contributed by atoms with Crippen molar-refractivity contribution in [3.05, 3.63) is 29.3 Å². The van der Waals surface area contributed by atoms with Crippen LogP contribution >= 0.6 is 0 Å². The highest BCUT2D eigenvalue weighted by atomic mass is 16.6. The molecule has 0 saturated carbocycles. The predicted octanol–water partition coefficient (Wildman–Crippen LogP) is 1.54. The van der Waals surface area contributed by atoms with Crippen molar-refractivity contribution in [3.63, 3.8) is 0 Å². The van der Waals surface area contributed by atoms with Crippen LogP contribution in [0.1, 0.15) is 66.2 Å². The van der Waals surface area contributed by atoms with Gasteiger partial charge in [-0.3, -0.25) is 39.2 Å². The maximum absolute atomic E-state index is 13.0. The minimum absolute atomic E-state index is 0.0894. The Labute approximate surface area is 258 Å². The van der Waals surface area contributed by atoms with Gasteiger partial charge < -0.3 is 19.7 Å². The number of benzene rings is 1. The Kier molecular flexibility index (Phi) is 10.8. The second-order valence-corrected chi connectivity index (χ2v) is 11.8. The molecule has 0 aromatic heterocycles. The third-order valence-corrected chi connectivity index (χ3v) is 8.94. The third kappa shape index (κ3) is 7.56. The van der Waals surface area contributed by atoms with Crippen molar-refractivity contribution >= 4 is 35.4 Å². The number of likely N-dealkylation sites (tertiary alicyclic amines) is 1. The zero-order valence-corrected chi connectivity index (χ0v) is 25.6. The average molecular weight is 613 g/mol. The number of amides is 5. The maximum atomic E-state index is 13.0. The molecule has 13 nitrogen and oxygen atoms in total. The van der Waals surface area contributed by atoms with E-state index in [4.69, 9.17) is 9.47 Å². The SMILES string of the molecule is CCCCOC(=O)N1CCC(N2CCN(CCOCCNc3ccc4c(c3)C(=O)N(C3CCC(=O)NC3=O)C4=O)CC2)CC1. The molecule has 3 saturated heterocycles. The molecule has 2 N–H and O–H groups in total. The fourth-order valence-electron chi connectivity index (χ4n) is 6.30. The molecule has 5 rings (SSSR count). The zero-order chi connectivity index (χ0) is 31.1. The fourth-order valence-corrected chi connectivity index (χ4v) is 6.30. The first kappa shape index (κ1) is 31.9. The number of fused-ring (bicyclic) bond motifs is 1. The number of unbranched alkanes of at least 4 members (excludes halogenated alkanes) is 1. The van der Waals surface area contributed by atoms with Gasteiger partial charge in [0.25, 0.3) is 11.8 Å². The van der Waals surface area contributed by atoms with Gasteiger partial charge in [0, 0.05) is 70.5 Å². The first-order valence-electron chi connectivity index (χ1n) is 15.9. The number of anilines is 1. The quantitative estimate of drug-likeness (QED) is 0.264. The molecule has 4 aliphatic heterocycles. The van der Waals surface area contributed by atoms with E-state index in [1.54, 1.807) is 18.2 Å². The van der Waals surface area contributed by atoms with E-state index < -0.39 is 29.7 Å². The van der Waals surface area contributed by atoms with Crippen LogP contribution in [0.2, 0.25) is 0 Å². The number of hydrogen-bond donors (Lipinski definition) is 2. The average Bonchev–Trinajstić information content (AvgIpc) is 3.28. The third-order valence-electron chi connectivity index (χ3n) is 8.94. The van der Waals surface area contributed by atoms with Crippen LogP contribution < -0.4 is 10.6 Å². The van der Waals surface area contributed by atoms with Gasteiger partial charge in [-0.05, 0) is 43.9 Å². The van der Waals surface area contributed by atoms with E-state index in [9.17, 15) is 24.0 Å². The smallest absolute Gasteiger partial charge is 0.409 e. The van der Waals surface area contributed by atoms with Crippen LogP contribution in [0.4, 0.5) is 10.5 Å². The molecule has 44 heavy (non-hydrogen) atoms. The number of carbonyl (C=O) groups excluding carboxylic acids is 5. The molecule has 240 valence electrons. The van der Waals surface area contributed by atoms with Gasteiger partial charge in [0.1, 0.15) is 6.04 Å². The van der Waals surface area contributed by atoms with Crippen molar-refractivity contribution in [2.45, 2.75) is 57.5 Å². The Hall–Kier alpha value is -3.55. The van der Waals surface area contributed by atoms with Crippen LogP contribution in [0.5, 0.6) is 0 Å². The maximum Gasteiger partial charge on any atom is 0.409 e. The number of piperazine rings is 1. The normalized spacial score (nSPS) is 21.9. The molecule has 4 aliphatic rings. The van der Waals surface area contributed by atoms with E-state index in [2.05, 4.69) is 27.4 Å². The molecule has 1 aromatic rings. The zero-order valence-electron chi connectivity index (χ0n) is 25.6. The molecule has 0 aliphatic carbocycles. The lowest BCUT2D eigenvalue weighted by Crippen LogP contribution is -2.54. The lowest BCUT2D eigenvalue weighted by Gasteiger charge is -2.42. The number of hydrogen-bond acceptors (Lipinski definition) is 10. The molecular formula is C31H44N6O7. The fraction of sp³-hybridized carbons (Fsp3) is 0.645. The van der Waals surface area contributed by atoms with Gasteiger partial charge in [0.15, 0.2) is 0 Å². The largest absolute Gasteiger partial charge is 0.449 e. The number of ether oxygens (including phenoxy) is 2. The molecule has 0 bridgehead atoms. The number of nitrogens with one attached hydrogen (secondary N) is 2.